The highest BCUT2D eigenvalue weighted by Gasteiger charge is 2.07. The van der Waals surface area contributed by atoms with Crippen LogP contribution in [-0.4, -0.2) is 15.4 Å². The molecular formula is C9H7ClN5. The van der Waals surface area contributed by atoms with Crippen LogP contribution in [0.3, 0.4) is 0 Å². The van der Waals surface area contributed by atoms with E-state index >= 15 is 0 Å². The van der Waals surface area contributed by atoms with E-state index in [4.69, 9.17) is 17.3 Å². The molecule has 0 aliphatic rings. The highest BCUT2D eigenvalue weighted by molar-refractivity contribution is 6.35. The molecule has 0 aliphatic carbocycles. The van der Waals surface area contributed by atoms with Crippen molar-refractivity contribution in [3.05, 3.63) is 35.4 Å². The van der Waals surface area contributed by atoms with Crippen molar-refractivity contribution in [3.63, 3.8) is 0 Å². The Balaban J connectivity index is 2.29. The third-order valence-electron chi connectivity index (χ3n) is 1.74. The van der Waals surface area contributed by atoms with Gasteiger partial charge in [0.1, 0.15) is 5.02 Å². The first-order valence-electron chi connectivity index (χ1n) is 4.20. The predicted octanol–water partition coefficient (Wildman–Crippen LogP) is 2.18. The van der Waals surface area contributed by atoms with Crippen molar-refractivity contribution in [2.45, 2.75) is 0 Å². The maximum atomic E-state index is 7.34. The van der Waals surface area contributed by atoms with Crippen LogP contribution in [0.4, 0.5) is 17.3 Å². The second kappa shape index (κ2) is 4.10. The smallest absolute Gasteiger partial charge is 0.191 e. The average Bonchev–Trinajstić information content (AvgIpc) is 2.26. The molecule has 0 amide bonds. The molecule has 0 atom stereocenters. The molecule has 15 heavy (non-hydrogen) atoms. The monoisotopic (exact) mass is 220 g/mol. The normalized spacial score (nSPS) is 9.93. The van der Waals surface area contributed by atoms with Crippen LogP contribution >= 0.6 is 11.6 Å². The number of nitrogens with zero attached hydrogens (tertiary/aromatic N) is 3. The van der Waals surface area contributed by atoms with Gasteiger partial charge in [-0.1, -0.05) is 29.8 Å². The van der Waals surface area contributed by atoms with Crippen LogP contribution in [0.15, 0.2) is 30.3 Å². The molecule has 0 saturated carbocycles. The van der Waals surface area contributed by atoms with Crippen LogP contribution in [0, 0.1) is 0 Å². The van der Waals surface area contributed by atoms with E-state index in [1.807, 2.05) is 30.3 Å². The molecule has 0 unspecified atom stereocenters. The van der Waals surface area contributed by atoms with E-state index in [0.29, 0.717) is 5.82 Å². The Morgan fingerprint density at radius 1 is 1.13 bits per heavy atom. The van der Waals surface area contributed by atoms with E-state index in [-0.39, 0.29) is 10.8 Å². The molecule has 1 aromatic carbocycles. The van der Waals surface area contributed by atoms with Crippen LogP contribution in [0.5, 0.6) is 0 Å². The van der Waals surface area contributed by atoms with Gasteiger partial charge < -0.3 is 5.32 Å². The summed E-state index contributed by atoms with van der Waals surface area (Å²) in [6, 6.07) is 9.39. The van der Waals surface area contributed by atoms with Crippen LogP contribution in [-0.2, 0) is 0 Å². The highest BCUT2D eigenvalue weighted by atomic mass is 35.5. The third-order valence-corrected chi connectivity index (χ3v) is 2.10. The van der Waals surface area contributed by atoms with E-state index in [0.717, 1.165) is 5.69 Å². The summed E-state index contributed by atoms with van der Waals surface area (Å²) in [6.45, 7) is 0. The Kier molecular flexibility index (Phi) is 2.64. The fraction of sp³-hybridized carbons (Fsp3) is 0. The lowest BCUT2D eigenvalue weighted by atomic mass is 10.3. The first kappa shape index (κ1) is 9.67. The van der Waals surface area contributed by atoms with Gasteiger partial charge in [0, 0.05) is 5.69 Å². The molecule has 1 radical (unpaired) electrons. The van der Waals surface area contributed by atoms with E-state index < -0.39 is 0 Å². The number of rotatable bonds is 2. The summed E-state index contributed by atoms with van der Waals surface area (Å²) >= 11 is 5.83. The van der Waals surface area contributed by atoms with Gasteiger partial charge in [0.15, 0.2) is 11.6 Å². The van der Waals surface area contributed by atoms with E-state index in [1.54, 1.807) is 0 Å². The topological polar surface area (TPSA) is 74.5 Å². The van der Waals surface area contributed by atoms with Gasteiger partial charge in [0.2, 0.25) is 0 Å². The second-order valence-electron chi connectivity index (χ2n) is 2.79. The number of para-hydroxylation sites is 1. The molecule has 6 heteroatoms. The number of aromatic nitrogens is 3. The molecule has 2 aromatic rings. The van der Waals surface area contributed by atoms with Crippen molar-refractivity contribution in [1.29, 1.82) is 0 Å². The Hall–Kier alpha value is -1.88. The number of nitrogens with one attached hydrogen (secondary N) is 2. The van der Waals surface area contributed by atoms with E-state index in [9.17, 15) is 0 Å². The Bertz CT molecular complexity index is 459. The van der Waals surface area contributed by atoms with Gasteiger partial charge in [0.05, 0.1) is 0 Å². The molecule has 0 spiro atoms. The first-order chi connectivity index (χ1) is 7.27. The summed E-state index contributed by atoms with van der Waals surface area (Å²) in [7, 11) is 0. The zero-order chi connectivity index (χ0) is 10.7. The lowest BCUT2D eigenvalue weighted by Gasteiger charge is -2.05. The molecular weight excluding hydrogens is 214 g/mol. The molecule has 2 rings (SSSR count). The summed E-state index contributed by atoms with van der Waals surface area (Å²) in [5.41, 5.74) is 8.17. The van der Waals surface area contributed by atoms with Crippen molar-refractivity contribution >= 4 is 28.9 Å². The third kappa shape index (κ3) is 2.13. The Morgan fingerprint density at radius 2 is 1.87 bits per heavy atom. The van der Waals surface area contributed by atoms with Crippen molar-refractivity contribution in [3.8, 4) is 0 Å². The molecule has 0 aliphatic heterocycles. The minimum Gasteiger partial charge on any atom is -0.337 e. The molecule has 0 saturated heterocycles. The number of halogens is 1. The Labute approximate surface area is 91.3 Å². The van der Waals surface area contributed by atoms with Crippen LogP contribution in [0.2, 0.25) is 5.02 Å². The summed E-state index contributed by atoms with van der Waals surface area (Å²) in [5.74, 6) is 0.243. The van der Waals surface area contributed by atoms with Gasteiger partial charge >= 0.3 is 0 Å². The predicted molar refractivity (Wildman–Crippen MR) is 57.3 cm³/mol. The quantitative estimate of drug-likeness (QED) is 0.842. The maximum Gasteiger partial charge on any atom is 0.191 e. The second-order valence-corrected chi connectivity index (χ2v) is 3.17. The standard InChI is InChI=1S/C9H7ClN5/c10-7-8(11)13-15-14-9(7)12-6-4-2-1-3-5-6/h1-5,11H,(H,12,13,14). The van der Waals surface area contributed by atoms with Gasteiger partial charge in [0.25, 0.3) is 0 Å². The van der Waals surface area contributed by atoms with Crippen molar-refractivity contribution in [2.24, 2.45) is 0 Å². The zero-order valence-corrected chi connectivity index (χ0v) is 8.36. The van der Waals surface area contributed by atoms with Crippen LogP contribution < -0.4 is 11.1 Å². The highest BCUT2D eigenvalue weighted by Crippen LogP contribution is 2.26. The fourth-order valence-corrected chi connectivity index (χ4v) is 1.17. The van der Waals surface area contributed by atoms with E-state index in [1.165, 1.54) is 0 Å². The maximum absolute atomic E-state index is 7.34. The van der Waals surface area contributed by atoms with E-state index in [2.05, 4.69) is 20.7 Å². The number of benzene rings is 1. The molecule has 2 N–H and O–H groups in total. The van der Waals surface area contributed by atoms with Gasteiger partial charge in [-0.05, 0) is 17.3 Å². The zero-order valence-electron chi connectivity index (χ0n) is 7.61. The fourth-order valence-electron chi connectivity index (χ4n) is 1.05. The van der Waals surface area contributed by atoms with Gasteiger partial charge in [-0.2, -0.15) is 0 Å². The molecule has 0 bridgehead atoms. The minimum absolute atomic E-state index is 0.0925. The van der Waals surface area contributed by atoms with Crippen molar-refractivity contribution in [2.75, 3.05) is 5.32 Å². The van der Waals surface area contributed by atoms with Crippen LogP contribution in [0.1, 0.15) is 0 Å². The summed E-state index contributed by atoms with van der Waals surface area (Å²) in [5, 5.41) is 13.6. The SMILES string of the molecule is [NH]c1nnnc(Nc2ccccc2)c1Cl. The van der Waals surface area contributed by atoms with Gasteiger partial charge in [-0.15, -0.1) is 10.2 Å². The number of anilines is 2. The average molecular weight is 221 g/mol. The molecule has 0 fully saturated rings. The largest absolute Gasteiger partial charge is 0.337 e. The Morgan fingerprint density at radius 3 is 2.60 bits per heavy atom. The lowest BCUT2D eigenvalue weighted by Crippen LogP contribution is -1.99. The van der Waals surface area contributed by atoms with Crippen molar-refractivity contribution in [1.82, 2.24) is 21.1 Å². The molecule has 1 heterocycles. The first-order valence-corrected chi connectivity index (χ1v) is 4.57. The van der Waals surface area contributed by atoms with Gasteiger partial charge in [-0.3, -0.25) is 5.73 Å². The summed E-state index contributed by atoms with van der Waals surface area (Å²) in [6.07, 6.45) is 0. The number of hydrogen-bond donors (Lipinski definition) is 1. The van der Waals surface area contributed by atoms with Crippen molar-refractivity contribution < 1.29 is 0 Å². The summed E-state index contributed by atoms with van der Waals surface area (Å²) in [4.78, 5) is 0. The van der Waals surface area contributed by atoms with Crippen LogP contribution in [0.25, 0.3) is 0 Å². The van der Waals surface area contributed by atoms with Gasteiger partial charge in [-0.25, -0.2) is 0 Å². The molecule has 5 nitrogen and oxygen atoms in total. The molecule has 75 valence electrons. The minimum atomic E-state index is -0.0925. The number of hydrogen-bond acceptors (Lipinski definition) is 4. The summed E-state index contributed by atoms with van der Waals surface area (Å²) < 4.78 is 0. The molecule has 1 aromatic heterocycles. The lowest BCUT2D eigenvalue weighted by molar-refractivity contribution is 0.868.